The third-order valence-electron chi connectivity index (χ3n) is 2.02. The van der Waals surface area contributed by atoms with Crippen LogP contribution in [0.1, 0.15) is 6.42 Å². The van der Waals surface area contributed by atoms with Crippen LogP contribution in [0, 0.1) is 4.91 Å². The highest BCUT2D eigenvalue weighted by Crippen LogP contribution is 2.04. The standard InChI is InChI=1S/C9H16ClN3O4S/c1-17-8(14)7(3-6-18-2)11-9(15)13(12-16)5-4-10/h7H,3-6H2,1-2H3,(H,11,15)/t7-/m0/s1. The molecule has 104 valence electrons. The maximum atomic E-state index is 11.6. The molecule has 1 N–H and O–H groups in total. The number of amides is 2. The molecular formula is C9H16ClN3O4S. The normalized spacial score (nSPS) is 11.5. The second-order valence-corrected chi connectivity index (χ2v) is 4.56. The second kappa shape index (κ2) is 9.95. The summed E-state index contributed by atoms with van der Waals surface area (Å²) in [6.07, 6.45) is 2.29. The molecule has 0 aromatic heterocycles. The van der Waals surface area contributed by atoms with Crippen molar-refractivity contribution in [1.82, 2.24) is 10.3 Å². The van der Waals surface area contributed by atoms with Crippen molar-refractivity contribution in [2.75, 3.05) is 31.5 Å². The maximum absolute atomic E-state index is 11.6. The first-order valence-corrected chi connectivity index (χ1v) is 7.07. The minimum atomic E-state index is -0.797. The number of rotatable bonds is 8. The van der Waals surface area contributed by atoms with Crippen LogP contribution < -0.4 is 5.32 Å². The van der Waals surface area contributed by atoms with Crippen molar-refractivity contribution in [3.8, 4) is 0 Å². The van der Waals surface area contributed by atoms with Gasteiger partial charge in [-0.2, -0.15) is 16.8 Å². The monoisotopic (exact) mass is 297 g/mol. The fourth-order valence-corrected chi connectivity index (χ4v) is 1.74. The van der Waals surface area contributed by atoms with Crippen LogP contribution >= 0.6 is 23.4 Å². The molecule has 18 heavy (non-hydrogen) atoms. The summed E-state index contributed by atoms with van der Waals surface area (Å²) < 4.78 is 4.57. The number of nitrogens with zero attached hydrogens (tertiary/aromatic N) is 2. The first-order valence-electron chi connectivity index (χ1n) is 5.14. The van der Waals surface area contributed by atoms with Crippen molar-refractivity contribution < 1.29 is 14.3 Å². The molecule has 0 saturated heterocycles. The van der Waals surface area contributed by atoms with Gasteiger partial charge in [-0.25, -0.2) is 9.59 Å². The van der Waals surface area contributed by atoms with Gasteiger partial charge >= 0.3 is 12.0 Å². The van der Waals surface area contributed by atoms with Crippen molar-refractivity contribution in [2.45, 2.75) is 12.5 Å². The molecule has 0 rings (SSSR count). The zero-order valence-electron chi connectivity index (χ0n) is 10.2. The lowest BCUT2D eigenvalue weighted by molar-refractivity contribution is -0.142. The number of ether oxygens (including phenoxy) is 1. The number of nitrogens with one attached hydrogen (secondary N) is 1. The lowest BCUT2D eigenvalue weighted by Gasteiger charge is -2.19. The van der Waals surface area contributed by atoms with E-state index in [-0.39, 0.29) is 12.4 Å². The Kier molecular flexibility index (Phi) is 9.39. The molecular weight excluding hydrogens is 282 g/mol. The van der Waals surface area contributed by atoms with E-state index in [4.69, 9.17) is 11.6 Å². The minimum absolute atomic E-state index is 0.0205. The predicted octanol–water partition coefficient (Wildman–Crippen LogP) is 1.21. The average Bonchev–Trinajstić information content (AvgIpc) is 2.39. The van der Waals surface area contributed by atoms with Crippen LogP contribution in [-0.4, -0.2) is 54.6 Å². The SMILES string of the molecule is COC(=O)[C@H](CCSC)NC(=O)N(CCCl)N=O. The smallest absolute Gasteiger partial charge is 0.341 e. The molecule has 0 bridgehead atoms. The van der Waals surface area contributed by atoms with E-state index in [9.17, 15) is 14.5 Å². The van der Waals surface area contributed by atoms with Crippen LogP contribution in [0.3, 0.4) is 0 Å². The van der Waals surface area contributed by atoms with Crippen LogP contribution in [0.15, 0.2) is 5.29 Å². The van der Waals surface area contributed by atoms with Gasteiger partial charge in [0.2, 0.25) is 0 Å². The minimum Gasteiger partial charge on any atom is -0.467 e. The van der Waals surface area contributed by atoms with Crippen molar-refractivity contribution in [1.29, 1.82) is 0 Å². The van der Waals surface area contributed by atoms with Crippen molar-refractivity contribution >= 4 is 35.4 Å². The average molecular weight is 298 g/mol. The largest absolute Gasteiger partial charge is 0.467 e. The van der Waals surface area contributed by atoms with Crippen molar-refractivity contribution in [2.24, 2.45) is 5.29 Å². The van der Waals surface area contributed by atoms with Gasteiger partial charge in [-0.15, -0.1) is 16.5 Å². The molecule has 0 saturated carbocycles. The van der Waals surface area contributed by atoms with Gasteiger partial charge in [0.25, 0.3) is 0 Å². The summed E-state index contributed by atoms with van der Waals surface area (Å²) in [6.45, 7) is -0.0205. The molecule has 0 spiro atoms. The molecule has 0 aromatic rings. The topological polar surface area (TPSA) is 88.1 Å². The number of halogens is 1. The number of hydrogen-bond acceptors (Lipinski definition) is 6. The Morgan fingerprint density at radius 1 is 1.56 bits per heavy atom. The molecule has 0 fully saturated rings. The molecule has 0 unspecified atom stereocenters. The van der Waals surface area contributed by atoms with E-state index < -0.39 is 18.0 Å². The van der Waals surface area contributed by atoms with E-state index in [1.165, 1.54) is 18.9 Å². The number of urea groups is 1. The molecule has 0 aliphatic carbocycles. The molecule has 0 radical (unpaired) electrons. The Hall–Kier alpha value is -1.02. The highest BCUT2D eigenvalue weighted by Gasteiger charge is 2.24. The zero-order chi connectivity index (χ0) is 14.0. The summed E-state index contributed by atoms with van der Waals surface area (Å²) in [6, 6.07) is -1.56. The first-order chi connectivity index (χ1) is 8.60. The quantitative estimate of drug-likeness (QED) is 0.315. The number of methoxy groups -OCH3 is 1. The van der Waals surface area contributed by atoms with Crippen LogP contribution in [0.2, 0.25) is 0 Å². The van der Waals surface area contributed by atoms with Crippen LogP contribution in [0.4, 0.5) is 4.79 Å². The van der Waals surface area contributed by atoms with E-state index in [1.54, 1.807) is 0 Å². The Labute approximate surface area is 114 Å². The molecule has 2 amide bonds. The van der Waals surface area contributed by atoms with Gasteiger partial charge < -0.3 is 10.1 Å². The second-order valence-electron chi connectivity index (χ2n) is 3.20. The van der Waals surface area contributed by atoms with E-state index >= 15 is 0 Å². The number of esters is 1. The maximum Gasteiger partial charge on any atom is 0.341 e. The molecule has 1 atom stereocenters. The number of nitroso groups, excluding NO2 is 1. The molecule has 9 heteroatoms. The predicted molar refractivity (Wildman–Crippen MR) is 70.6 cm³/mol. The number of alkyl halides is 1. The summed E-state index contributed by atoms with van der Waals surface area (Å²) >= 11 is 6.94. The van der Waals surface area contributed by atoms with Gasteiger partial charge in [-0.3, -0.25) is 0 Å². The van der Waals surface area contributed by atoms with E-state index in [2.05, 4.69) is 15.3 Å². The Bertz CT molecular complexity index is 293. The van der Waals surface area contributed by atoms with Crippen molar-refractivity contribution in [3.63, 3.8) is 0 Å². The third kappa shape index (κ3) is 6.06. The number of hydrogen-bond donors (Lipinski definition) is 1. The van der Waals surface area contributed by atoms with Crippen LogP contribution in [-0.2, 0) is 9.53 Å². The number of thioether (sulfide) groups is 1. The van der Waals surface area contributed by atoms with Crippen LogP contribution in [0.5, 0.6) is 0 Å². The fourth-order valence-electron chi connectivity index (χ4n) is 1.11. The molecule has 0 aliphatic heterocycles. The van der Waals surface area contributed by atoms with Gasteiger partial charge in [0.15, 0.2) is 0 Å². The summed E-state index contributed by atoms with van der Waals surface area (Å²) in [5.41, 5.74) is 0. The highest BCUT2D eigenvalue weighted by molar-refractivity contribution is 7.98. The van der Waals surface area contributed by atoms with Gasteiger partial charge in [0.05, 0.1) is 18.9 Å². The zero-order valence-corrected chi connectivity index (χ0v) is 11.8. The summed E-state index contributed by atoms with van der Waals surface area (Å²) in [7, 11) is 1.23. The lowest BCUT2D eigenvalue weighted by atomic mass is 10.2. The van der Waals surface area contributed by atoms with E-state index in [0.29, 0.717) is 17.2 Å². The lowest BCUT2D eigenvalue weighted by Crippen LogP contribution is -2.47. The summed E-state index contributed by atoms with van der Waals surface area (Å²) in [5, 5.41) is 5.54. The summed E-state index contributed by atoms with van der Waals surface area (Å²) in [4.78, 5) is 33.4. The first kappa shape index (κ1) is 17.0. The molecule has 7 nitrogen and oxygen atoms in total. The Morgan fingerprint density at radius 2 is 2.22 bits per heavy atom. The van der Waals surface area contributed by atoms with Crippen molar-refractivity contribution in [3.05, 3.63) is 4.91 Å². The third-order valence-corrected chi connectivity index (χ3v) is 2.84. The van der Waals surface area contributed by atoms with E-state index in [0.717, 1.165) is 0 Å². The molecule has 0 aliphatic rings. The van der Waals surface area contributed by atoms with Gasteiger partial charge in [0, 0.05) is 5.88 Å². The fraction of sp³-hybridized carbons (Fsp3) is 0.778. The molecule has 0 aromatic carbocycles. The number of carbonyl (C=O) groups excluding carboxylic acids is 2. The van der Waals surface area contributed by atoms with Gasteiger partial charge in [-0.1, -0.05) is 0 Å². The number of carbonyl (C=O) groups is 2. The molecule has 0 heterocycles. The summed E-state index contributed by atoms with van der Waals surface area (Å²) in [5.74, 6) is 0.186. The van der Waals surface area contributed by atoms with Gasteiger partial charge in [-0.05, 0) is 18.4 Å². The van der Waals surface area contributed by atoms with E-state index in [1.807, 2.05) is 6.26 Å². The van der Waals surface area contributed by atoms with Gasteiger partial charge in [0.1, 0.15) is 6.04 Å². The van der Waals surface area contributed by atoms with Crippen LogP contribution in [0.25, 0.3) is 0 Å². The highest BCUT2D eigenvalue weighted by atomic mass is 35.5. The Morgan fingerprint density at radius 3 is 2.67 bits per heavy atom. The Balaban J connectivity index is 4.49.